The molecule has 1 aliphatic rings. The van der Waals surface area contributed by atoms with Gasteiger partial charge in [-0.3, -0.25) is 0 Å². The Bertz CT molecular complexity index is 345. The van der Waals surface area contributed by atoms with Crippen LogP contribution in [0.25, 0.3) is 0 Å². The summed E-state index contributed by atoms with van der Waals surface area (Å²) in [5, 5.41) is 0.631. The van der Waals surface area contributed by atoms with Crippen molar-refractivity contribution >= 4 is 11.6 Å². The second-order valence-corrected chi connectivity index (χ2v) is 5.13. The largest absolute Gasteiger partial charge is 0.238 e. The van der Waals surface area contributed by atoms with E-state index in [1.165, 1.54) is 38.5 Å². The van der Waals surface area contributed by atoms with Crippen LogP contribution in [0.5, 0.6) is 0 Å². The molecule has 16 heavy (non-hydrogen) atoms. The number of halogens is 1. The Morgan fingerprint density at radius 1 is 1.00 bits per heavy atom. The van der Waals surface area contributed by atoms with Crippen molar-refractivity contribution < 1.29 is 0 Å². The fourth-order valence-electron chi connectivity index (χ4n) is 2.33. The van der Waals surface area contributed by atoms with Gasteiger partial charge in [0.2, 0.25) is 0 Å². The second-order valence-electron chi connectivity index (χ2n) is 4.77. The lowest BCUT2D eigenvalue weighted by molar-refractivity contribution is 0.558. The summed E-state index contributed by atoms with van der Waals surface area (Å²) < 4.78 is 0. The molecule has 0 N–H and O–H groups in total. The Hall–Kier alpha value is -0.630. The maximum atomic E-state index is 6.13. The van der Waals surface area contributed by atoms with Gasteiger partial charge in [0, 0.05) is 17.2 Å². The molecule has 0 atom stereocenters. The third-order valence-electron chi connectivity index (χ3n) is 3.57. The van der Waals surface area contributed by atoms with Crippen molar-refractivity contribution in [3.63, 3.8) is 0 Å². The van der Waals surface area contributed by atoms with E-state index in [0.717, 1.165) is 17.1 Å². The minimum Gasteiger partial charge on any atom is -0.238 e. The van der Waals surface area contributed by atoms with E-state index in [0.29, 0.717) is 11.1 Å². The molecule has 1 aromatic rings. The topological polar surface area (TPSA) is 25.8 Å². The zero-order valence-corrected chi connectivity index (χ0v) is 10.8. The normalized spacial score (nSPS) is 18.4. The number of hydrogen-bond acceptors (Lipinski definition) is 2. The Labute approximate surface area is 102 Å². The van der Waals surface area contributed by atoms with Crippen LogP contribution in [0, 0.1) is 13.8 Å². The van der Waals surface area contributed by atoms with Gasteiger partial charge in [-0.1, -0.05) is 37.3 Å². The van der Waals surface area contributed by atoms with E-state index < -0.39 is 0 Å². The summed E-state index contributed by atoms with van der Waals surface area (Å²) in [5.41, 5.74) is 2.04. The minimum atomic E-state index is 0.527. The second kappa shape index (κ2) is 5.13. The lowest BCUT2D eigenvalue weighted by atomic mass is 9.99. The Balaban J connectivity index is 2.25. The van der Waals surface area contributed by atoms with Crippen molar-refractivity contribution in [2.24, 2.45) is 0 Å². The summed E-state index contributed by atoms with van der Waals surface area (Å²) in [6, 6.07) is 0. The zero-order valence-electron chi connectivity index (χ0n) is 10.1. The number of nitrogens with zero attached hydrogens (tertiary/aromatic N) is 2. The molecule has 0 amide bonds. The fourth-order valence-corrected chi connectivity index (χ4v) is 2.56. The number of hydrogen-bond donors (Lipinski definition) is 0. The molecule has 2 nitrogen and oxygen atoms in total. The molecule has 1 aliphatic carbocycles. The molecule has 0 aromatic carbocycles. The van der Waals surface area contributed by atoms with Crippen molar-refractivity contribution in [1.82, 2.24) is 9.97 Å². The van der Waals surface area contributed by atoms with E-state index in [-0.39, 0.29) is 0 Å². The predicted molar refractivity (Wildman–Crippen MR) is 67.0 cm³/mol. The van der Waals surface area contributed by atoms with Crippen LogP contribution in [-0.2, 0) is 0 Å². The van der Waals surface area contributed by atoms with Gasteiger partial charge in [-0.05, 0) is 26.7 Å². The van der Waals surface area contributed by atoms with Crippen LogP contribution < -0.4 is 0 Å². The first-order chi connectivity index (χ1) is 7.68. The van der Waals surface area contributed by atoms with Crippen molar-refractivity contribution in [2.75, 3.05) is 0 Å². The Morgan fingerprint density at radius 2 is 1.62 bits per heavy atom. The lowest BCUT2D eigenvalue weighted by Gasteiger charge is -2.14. The predicted octanol–water partition coefficient (Wildman–Crippen LogP) is 4.18. The Kier molecular flexibility index (Phi) is 3.80. The summed E-state index contributed by atoms with van der Waals surface area (Å²) in [6.45, 7) is 4.00. The Morgan fingerprint density at radius 3 is 2.19 bits per heavy atom. The van der Waals surface area contributed by atoms with E-state index in [1.807, 2.05) is 13.8 Å². The lowest BCUT2D eigenvalue weighted by Crippen LogP contribution is -2.06. The molecule has 0 aliphatic heterocycles. The number of aromatic nitrogens is 2. The molecule has 1 heterocycles. The van der Waals surface area contributed by atoms with E-state index >= 15 is 0 Å². The molecule has 0 radical (unpaired) electrons. The smallest absolute Gasteiger partial charge is 0.135 e. The van der Waals surface area contributed by atoms with E-state index in [4.69, 9.17) is 11.6 Å². The summed E-state index contributed by atoms with van der Waals surface area (Å²) in [4.78, 5) is 9.06. The van der Waals surface area contributed by atoms with Crippen LogP contribution in [0.15, 0.2) is 0 Å². The highest BCUT2D eigenvalue weighted by molar-refractivity contribution is 6.30. The molecule has 0 bridgehead atoms. The van der Waals surface area contributed by atoms with Crippen molar-refractivity contribution in [3.05, 3.63) is 22.2 Å². The van der Waals surface area contributed by atoms with Crippen LogP contribution in [-0.4, -0.2) is 9.97 Å². The van der Waals surface area contributed by atoms with E-state index in [2.05, 4.69) is 9.97 Å². The van der Waals surface area contributed by atoms with Gasteiger partial charge in [0.1, 0.15) is 11.0 Å². The maximum Gasteiger partial charge on any atom is 0.135 e. The molecular formula is C13H19ClN2. The quantitative estimate of drug-likeness (QED) is 0.542. The van der Waals surface area contributed by atoms with Crippen molar-refractivity contribution in [2.45, 2.75) is 58.3 Å². The van der Waals surface area contributed by atoms with Gasteiger partial charge in [0.05, 0.1) is 0 Å². The van der Waals surface area contributed by atoms with Gasteiger partial charge in [-0.25, -0.2) is 9.97 Å². The third kappa shape index (κ3) is 2.54. The molecule has 0 unspecified atom stereocenters. The molecule has 0 spiro atoms. The summed E-state index contributed by atoms with van der Waals surface area (Å²) in [7, 11) is 0. The third-order valence-corrected chi connectivity index (χ3v) is 3.94. The molecule has 1 fully saturated rings. The number of aryl methyl sites for hydroxylation is 1. The molecule has 1 aromatic heterocycles. The first-order valence-electron chi connectivity index (χ1n) is 6.19. The van der Waals surface area contributed by atoms with Gasteiger partial charge in [-0.15, -0.1) is 0 Å². The van der Waals surface area contributed by atoms with Crippen molar-refractivity contribution in [3.8, 4) is 0 Å². The molecule has 3 heteroatoms. The maximum absolute atomic E-state index is 6.13. The van der Waals surface area contributed by atoms with Gasteiger partial charge in [0.25, 0.3) is 0 Å². The molecule has 2 rings (SSSR count). The van der Waals surface area contributed by atoms with E-state index in [1.54, 1.807) is 0 Å². The average Bonchev–Trinajstić information content (AvgIpc) is 2.53. The molecular weight excluding hydrogens is 220 g/mol. The SMILES string of the molecule is Cc1nc(C2CCCCCC2)nc(Cl)c1C. The van der Waals surface area contributed by atoms with Gasteiger partial charge >= 0.3 is 0 Å². The molecule has 0 saturated heterocycles. The minimum absolute atomic E-state index is 0.527. The first-order valence-corrected chi connectivity index (χ1v) is 6.57. The van der Waals surface area contributed by atoms with Crippen LogP contribution in [0.4, 0.5) is 0 Å². The van der Waals surface area contributed by atoms with Gasteiger partial charge in [-0.2, -0.15) is 0 Å². The number of rotatable bonds is 1. The zero-order chi connectivity index (χ0) is 11.5. The highest BCUT2D eigenvalue weighted by Crippen LogP contribution is 2.30. The van der Waals surface area contributed by atoms with Gasteiger partial charge < -0.3 is 0 Å². The highest BCUT2D eigenvalue weighted by atomic mass is 35.5. The molecule has 1 saturated carbocycles. The fraction of sp³-hybridized carbons (Fsp3) is 0.692. The monoisotopic (exact) mass is 238 g/mol. The van der Waals surface area contributed by atoms with E-state index in [9.17, 15) is 0 Å². The van der Waals surface area contributed by atoms with Crippen LogP contribution in [0.2, 0.25) is 5.15 Å². The van der Waals surface area contributed by atoms with Crippen molar-refractivity contribution in [1.29, 1.82) is 0 Å². The average molecular weight is 239 g/mol. The van der Waals surface area contributed by atoms with Gasteiger partial charge in [0.15, 0.2) is 0 Å². The standard InChI is InChI=1S/C13H19ClN2/c1-9-10(2)15-13(16-12(9)14)11-7-5-3-4-6-8-11/h11H,3-8H2,1-2H3. The highest BCUT2D eigenvalue weighted by Gasteiger charge is 2.18. The van der Waals surface area contributed by atoms with Crippen LogP contribution in [0.1, 0.15) is 61.5 Å². The summed E-state index contributed by atoms with van der Waals surface area (Å²) in [5.74, 6) is 1.49. The van der Waals surface area contributed by atoms with Crippen LogP contribution >= 0.6 is 11.6 Å². The summed E-state index contributed by atoms with van der Waals surface area (Å²) in [6.07, 6.45) is 7.76. The summed E-state index contributed by atoms with van der Waals surface area (Å²) >= 11 is 6.13. The first kappa shape index (κ1) is 11.8. The van der Waals surface area contributed by atoms with Crippen LogP contribution in [0.3, 0.4) is 0 Å². The molecule has 88 valence electrons.